The van der Waals surface area contributed by atoms with Crippen LogP contribution in [0.2, 0.25) is 5.02 Å². The molecule has 1 aromatic heterocycles. The molecule has 1 aliphatic heterocycles. The van der Waals surface area contributed by atoms with Gasteiger partial charge in [0.1, 0.15) is 11.9 Å². The Morgan fingerprint density at radius 2 is 2.06 bits per heavy atom. The molecule has 2 heterocycles. The average Bonchev–Trinajstić information content (AvgIpc) is 3.24. The number of carbonyl (C=O) groups excluding carboxylic acids is 2. The summed E-state index contributed by atoms with van der Waals surface area (Å²) in [6.45, 7) is 0.209. The van der Waals surface area contributed by atoms with E-state index in [0.29, 0.717) is 22.1 Å². The number of halogens is 1. The molecule has 164 valence electrons. The Kier molecular flexibility index (Phi) is 5.89. The highest BCUT2D eigenvalue weighted by molar-refractivity contribution is 6.30. The van der Waals surface area contributed by atoms with Crippen LogP contribution in [0.1, 0.15) is 18.2 Å². The summed E-state index contributed by atoms with van der Waals surface area (Å²) in [6, 6.07) is 11.8. The van der Waals surface area contributed by atoms with Crippen LogP contribution in [-0.2, 0) is 20.9 Å². The number of aromatic nitrogens is 2. The first kappa shape index (κ1) is 21.5. The third kappa shape index (κ3) is 4.18. The number of nitrogens with zero attached hydrogens (tertiary/aromatic N) is 3. The summed E-state index contributed by atoms with van der Waals surface area (Å²) < 4.78 is 6.73. The van der Waals surface area contributed by atoms with Gasteiger partial charge in [0.25, 0.3) is 11.6 Å². The fraction of sp³-hybridized carbons (Fsp3) is 0.190. The molecular weight excluding hydrogens is 438 g/mol. The van der Waals surface area contributed by atoms with Crippen LogP contribution < -0.4 is 10.6 Å². The lowest BCUT2D eigenvalue weighted by Crippen LogP contribution is -2.24. The molecule has 2 amide bonds. The summed E-state index contributed by atoms with van der Waals surface area (Å²) in [4.78, 5) is 35.6. The smallest absolute Gasteiger partial charge is 0.271 e. The fourth-order valence-corrected chi connectivity index (χ4v) is 3.69. The van der Waals surface area contributed by atoms with E-state index in [-0.39, 0.29) is 30.3 Å². The third-order valence-corrected chi connectivity index (χ3v) is 5.21. The van der Waals surface area contributed by atoms with Crippen molar-refractivity contribution in [2.75, 3.05) is 17.7 Å². The van der Waals surface area contributed by atoms with Crippen molar-refractivity contribution >= 4 is 40.6 Å². The molecule has 0 saturated heterocycles. The molecule has 0 radical (unpaired) electrons. The Hall–Kier alpha value is -3.76. The normalized spacial score (nSPS) is 14.7. The molecule has 0 fully saturated rings. The topological polar surface area (TPSA) is 128 Å². The SMILES string of the molecule is COCc1nn2c(c1-c1ccc(Cl)cc1)NC(=O)C2CC(=O)Nc1cccc([N+](=O)[O-])c1. The predicted molar refractivity (Wildman–Crippen MR) is 117 cm³/mol. The molecule has 0 saturated carbocycles. The predicted octanol–water partition coefficient (Wildman–Crippen LogP) is 3.78. The van der Waals surface area contributed by atoms with Crippen molar-refractivity contribution in [3.05, 3.63) is 69.4 Å². The summed E-state index contributed by atoms with van der Waals surface area (Å²) in [5.41, 5.74) is 2.22. The highest BCUT2D eigenvalue weighted by Gasteiger charge is 2.37. The first-order valence-corrected chi connectivity index (χ1v) is 9.96. The second-order valence-corrected chi connectivity index (χ2v) is 7.56. The van der Waals surface area contributed by atoms with Crippen molar-refractivity contribution in [2.24, 2.45) is 0 Å². The molecule has 2 aromatic carbocycles. The van der Waals surface area contributed by atoms with E-state index in [1.165, 1.54) is 28.9 Å². The number of amides is 2. The largest absolute Gasteiger partial charge is 0.378 e. The minimum atomic E-state index is -0.875. The molecule has 2 N–H and O–H groups in total. The molecule has 10 nitrogen and oxygen atoms in total. The number of nitro benzene ring substituents is 1. The molecule has 11 heteroatoms. The number of hydrogen-bond acceptors (Lipinski definition) is 6. The summed E-state index contributed by atoms with van der Waals surface area (Å²) in [6.07, 6.45) is -0.199. The standard InChI is InChI=1S/C21H18ClN5O5/c1-32-11-16-19(12-5-7-13(22)8-6-12)20-24-21(29)17(26(20)25-16)10-18(28)23-14-3-2-4-15(9-14)27(30)31/h2-9,17H,10-11H2,1H3,(H,23,28)(H,24,29). The molecule has 0 bridgehead atoms. The molecule has 4 rings (SSSR count). The fourth-order valence-electron chi connectivity index (χ4n) is 3.56. The van der Waals surface area contributed by atoms with E-state index in [1.807, 2.05) is 12.1 Å². The number of ether oxygens (including phenoxy) is 1. The van der Waals surface area contributed by atoms with E-state index in [9.17, 15) is 19.7 Å². The molecular formula is C21H18ClN5O5. The molecule has 1 unspecified atom stereocenters. The Labute approximate surface area is 187 Å². The van der Waals surface area contributed by atoms with Gasteiger partial charge in [0.15, 0.2) is 0 Å². The molecule has 1 aliphatic rings. The van der Waals surface area contributed by atoms with Gasteiger partial charge in [-0.25, -0.2) is 4.68 Å². The lowest BCUT2D eigenvalue weighted by molar-refractivity contribution is -0.384. The molecule has 3 aromatic rings. The van der Waals surface area contributed by atoms with E-state index in [2.05, 4.69) is 15.7 Å². The zero-order chi connectivity index (χ0) is 22.8. The van der Waals surface area contributed by atoms with E-state index in [1.54, 1.807) is 19.2 Å². The number of benzene rings is 2. The number of anilines is 2. The van der Waals surface area contributed by atoms with Crippen LogP contribution in [-0.4, -0.2) is 33.6 Å². The monoisotopic (exact) mass is 455 g/mol. The number of carbonyl (C=O) groups is 2. The van der Waals surface area contributed by atoms with Crippen molar-refractivity contribution in [3.8, 4) is 11.1 Å². The van der Waals surface area contributed by atoms with Gasteiger partial charge in [0.2, 0.25) is 5.91 Å². The van der Waals surface area contributed by atoms with Crippen LogP contribution in [0.4, 0.5) is 17.2 Å². The molecule has 0 spiro atoms. The maximum Gasteiger partial charge on any atom is 0.271 e. The Morgan fingerprint density at radius 3 is 2.75 bits per heavy atom. The first-order chi connectivity index (χ1) is 15.4. The highest BCUT2D eigenvalue weighted by atomic mass is 35.5. The number of methoxy groups -OCH3 is 1. The Morgan fingerprint density at radius 1 is 1.31 bits per heavy atom. The average molecular weight is 456 g/mol. The third-order valence-electron chi connectivity index (χ3n) is 4.96. The van der Waals surface area contributed by atoms with Crippen LogP contribution in [0.3, 0.4) is 0 Å². The van der Waals surface area contributed by atoms with Crippen LogP contribution in [0.25, 0.3) is 11.1 Å². The van der Waals surface area contributed by atoms with Crippen molar-refractivity contribution in [1.82, 2.24) is 9.78 Å². The van der Waals surface area contributed by atoms with Gasteiger partial charge < -0.3 is 15.4 Å². The van der Waals surface area contributed by atoms with E-state index < -0.39 is 16.9 Å². The van der Waals surface area contributed by atoms with Gasteiger partial charge in [-0.05, 0) is 23.8 Å². The van der Waals surface area contributed by atoms with Crippen LogP contribution in [0.15, 0.2) is 48.5 Å². The lowest BCUT2D eigenvalue weighted by atomic mass is 10.1. The summed E-state index contributed by atoms with van der Waals surface area (Å²) in [5, 5.41) is 21.4. The van der Waals surface area contributed by atoms with Gasteiger partial charge in [-0.3, -0.25) is 19.7 Å². The van der Waals surface area contributed by atoms with Gasteiger partial charge in [-0.15, -0.1) is 0 Å². The minimum absolute atomic E-state index is 0.146. The zero-order valence-electron chi connectivity index (χ0n) is 16.9. The number of fused-ring (bicyclic) bond motifs is 1. The van der Waals surface area contributed by atoms with E-state index in [4.69, 9.17) is 16.3 Å². The van der Waals surface area contributed by atoms with Gasteiger partial charge >= 0.3 is 0 Å². The van der Waals surface area contributed by atoms with Crippen molar-refractivity contribution in [3.63, 3.8) is 0 Å². The Bertz CT molecular complexity index is 1210. The highest BCUT2D eigenvalue weighted by Crippen LogP contribution is 2.39. The van der Waals surface area contributed by atoms with Crippen molar-refractivity contribution in [2.45, 2.75) is 19.1 Å². The van der Waals surface area contributed by atoms with Gasteiger partial charge in [-0.2, -0.15) is 5.10 Å². The first-order valence-electron chi connectivity index (χ1n) is 9.59. The van der Waals surface area contributed by atoms with E-state index in [0.717, 1.165) is 5.56 Å². The second-order valence-electron chi connectivity index (χ2n) is 7.12. The van der Waals surface area contributed by atoms with Gasteiger partial charge in [0.05, 0.1) is 23.6 Å². The quantitative estimate of drug-likeness (QED) is 0.412. The number of nitrogens with one attached hydrogen (secondary N) is 2. The Balaban J connectivity index is 1.60. The zero-order valence-corrected chi connectivity index (χ0v) is 17.6. The number of rotatable bonds is 7. The maximum atomic E-state index is 12.6. The van der Waals surface area contributed by atoms with Gasteiger partial charge in [0, 0.05) is 35.5 Å². The lowest BCUT2D eigenvalue weighted by Gasteiger charge is -2.10. The van der Waals surface area contributed by atoms with Crippen molar-refractivity contribution in [1.29, 1.82) is 0 Å². The maximum absolute atomic E-state index is 12.6. The van der Waals surface area contributed by atoms with Gasteiger partial charge in [-0.1, -0.05) is 29.8 Å². The molecule has 0 aliphatic carbocycles. The van der Waals surface area contributed by atoms with Crippen LogP contribution in [0, 0.1) is 10.1 Å². The second kappa shape index (κ2) is 8.77. The van der Waals surface area contributed by atoms with Crippen molar-refractivity contribution < 1.29 is 19.2 Å². The summed E-state index contributed by atoms with van der Waals surface area (Å²) >= 11 is 5.99. The number of nitro groups is 1. The molecule has 1 atom stereocenters. The summed E-state index contributed by atoms with van der Waals surface area (Å²) in [5.74, 6) is -0.381. The van der Waals surface area contributed by atoms with E-state index >= 15 is 0 Å². The summed E-state index contributed by atoms with van der Waals surface area (Å²) in [7, 11) is 1.54. The van der Waals surface area contributed by atoms with Crippen LogP contribution in [0.5, 0.6) is 0 Å². The number of non-ortho nitro benzene ring substituents is 1. The molecule has 32 heavy (non-hydrogen) atoms. The van der Waals surface area contributed by atoms with Crippen LogP contribution >= 0.6 is 11.6 Å². The number of hydrogen-bond donors (Lipinski definition) is 2. The minimum Gasteiger partial charge on any atom is -0.378 e.